The maximum Gasteiger partial charge on any atom is 0.175 e. The fourth-order valence-electron chi connectivity index (χ4n) is 4.71. The monoisotopic (exact) mass is 224 g/mol. The molecule has 5 rings (SSSR count). The number of carbonyl (C=O) groups is 1. The van der Waals surface area contributed by atoms with Gasteiger partial charge in [-0.3, -0.25) is 0 Å². The summed E-state index contributed by atoms with van der Waals surface area (Å²) in [4.78, 5) is 11.3. The summed E-state index contributed by atoms with van der Waals surface area (Å²) < 4.78 is 23.2. The third kappa shape index (κ3) is 0.639. The highest BCUT2D eigenvalue weighted by Gasteiger charge is 2.79. The van der Waals surface area contributed by atoms with E-state index in [0.717, 1.165) is 6.29 Å². The summed E-state index contributed by atoms with van der Waals surface area (Å²) in [5.41, 5.74) is 0. The van der Waals surface area contributed by atoms with E-state index >= 15 is 0 Å². The first-order valence-electron chi connectivity index (χ1n) is 5.85. The molecule has 0 amide bonds. The van der Waals surface area contributed by atoms with Gasteiger partial charge in [-0.1, -0.05) is 0 Å². The molecular weight excluding hydrogens is 212 g/mol. The second kappa shape index (κ2) is 2.22. The zero-order valence-electron chi connectivity index (χ0n) is 8.74. The molecule has 5 aliphatic rings. The van der Waals surface area contributed by atoms with E-state index in [1.165, 1.54) is 0 Å². The lowest BCUT2D eigenvalue weighted by atomic mass is 9.85. The van der Waals surface area contributed by atoms with Gasteiger partial charge in [0.2, 0.25) is 0 Å². The summed E-state index contributed by atoms with van der Waals surface area (Å²) in [6, 6.07) is 0. The Morgan fingerprint density at radius 1 is 1.00 bits per heavy atom. The number of ether oxygens (including phenoxy) is 4. The van der Waals surface area contributed by atoms with Gasteiger partial charge in [0.1, 0.15) is 6.29 Å². The lowest BCUT2D eigenvalue weighted by Crippen LogP contribution is -2.44. The number of hydrogen-bond acceptors (Lipinski definition) is 5. The molecule has 5 fully saturated rings. The van der Waals surface area contributed by atoms with Gasteiger partial charge in [0.15, 0.2) is 24.7 Å². The normalized spacial score (nSPS) is 72.8. The second-order valence-corrected chi connectivity index (χ2v) is 5.60. The minimum Gasteiger partial charge on any atom is -0.323 e. The summed E-state index contributed by atoms with van der Waals surface area (Å²) in [7, 11) is 0. The van der Waals surface area contributed by atoms with Crippen LogP contribution in [0.4, 0.5) is 0 Å². The van der Waals surface area contributed by atoms with Gasteiger partial charge in [0, 0.05) is 29.6 Å². The quantitative estimate of drug-likeness (QED) is 0.591. The summed E-state index contributed by atoms with van der Waals surface area (Å²) in [5, 5.41) is 0. The van der Waals surface area contributed by atoms with Gasteiger partial charge < -0.3 is 23.7 Å². The Labute approximate surface area is 92.0 Å². The van der Waals surface area contributed by atoms with Gasteiger partial charge in [0.25, 0.3) is 0 Å². The van der Waals surface area contributed by atoms with Crippen LogP contribution in [0, 0.1) is 29.6 Å². The molecule has 86 valence electrons. The van der Waals surface area contributed by atoms with Crippen LogP contribution in [-0.2, 0) is 23.7 Å². The Bertz CT molecular complexity index is 398. The molecule has 0 aromatic heterocycles. The van der Waals surface area contributed by atoms with Gasteiger partial charge in [-0.2, -0.15) is 0 Å². The van der Waals surface area contributed by atoms with Crippen LogP contribution in [0.3, 0.4) is 0 Å². The van der Waals surface area contributed by atoms with E-state index in [-0.39, 0.29) is 48.5 Å². The average molecular weight is 224 g/mol. The minimum absolute atomic E-state index is 0.0227. The molecule has 0 N–H and O–H groups in total. The van der Waals surface area contributed by atoms with Crippen molar-refractivity contribution >= 4 is 6.29 Å². The predicted molar refractivity (Wildman–Crippen MR) is 47.6 cm³/mol. The Balaban J connectivity index is 1.77. The van der Waals surface area contributed by atoms with Gasteiger partial charge in [-0.15, -0.1) is 0 Å². The molecule has 4 saturated heterocycles. The average Bonchev–Trinajstić information content (AvgIpc) is 2.82. The van der Waals surface area contributed by atoms with Crippen molar-refractivity contribution in [1.82, 2.24) is 0 Å². The fourth-order valence-corrected chi connectivity index (χ4v) is 4.71. The molecule has 1 unspecified atom stereocenters. The van der Waals surface area contributed by atoms with E-state index in [1.807, 2.05) is 6.92 Å². The van der Waals surface area contributed by atoms with Crippen LogP contribution in [0.2, 0.25) is 0 Å². The van der Waals surface area contributed by atoms with E-state index in [0.29, 0.717) is 0 Å². The molecule has 2 bridgehead atoms. The molecule has 9 atom stereocenters. The molecule has 1 saturated carbocycles. The SMILES string of the molecule is C[C@]12O[C@@H]3O[C@H]4O[C@H](O1)[C@H]1[C@@H]4C(C=O)[C@H]3[C@H]12. The topological polar surface area (TPSA) is 54.0 Å². The van der Waals surface area contributed by atoms with Gasteiger partial charge in [-0.25, -0.2) is 0 Å². The first kappa shape index (κ1) is 8.58. The second-order valence-electron chi connectivity index (χ2n) is 5.60. The highest BCUT2D eigenvalue weighted by atomic mass is 16.9. The van der Waals surface area contributed by atoms with Crippen LogP contribution in [0.5, 0.6) is 0 Å². The maximum atomic E-state index is 11.3. The minimum atomic E-state index is -0.605. The standard InChI is InChI=1S/C11H12O5/c1-11-7-5-3(2-12)4-6(7)10(16-11)14-8(4)13-9(5)15-11/h2-10H,1H3/t3?,4-,5-,6-,7+,8-,9-,10+,11-/m0/s1. The van der Waals surface area contributed by atoms with Gasteiger partial charge in [0.05, 0.1) is 0 Å². The Morgan fingerprint density at radius 2 is 1.69 bits per heavy atom. The molecule has 4 heterocycles. The molecule has 5 heteroatoms. The summed E-state index contributed by atoms with van der Waals surface area (Å²) >= 11 is 0. The molecule has 1 aliphatic carbocycles. The Kier molecular flexibility index (Phi) is 1.19. The lowest BCUT2D eigenvalue weighted by Gasteiger charge is -2.36. The largest absolute Gasteiger partial charge is 0.323 e. The van der Waals surface area contributed by atoms with Crippen molar-refractivity contribution in [3.8, 4) is 0 Å². The lowest BCUT2D eigenvalue weighted by molar-refractivity contribution is -0.379. The molecule has 0 spiro atoms. The number of hydrogen-bond donors (Lipinski definition) is 0. The fraction of sp³-hybridized carbons (Fsp3) is 0.909. The van der Waals surface area contributed by atoms with Crippen molar-refractivity contribution in [2.24, 2.45) is 29.6 Å². The van der Waals surface area contributed by atoms with Crippen molar-refractivity contribution in [3.63, 3.8) is 0 Å². The van der Waals surface area contributed by atoms with Crippen molar-refractivity contribution in [3.05, 3.63) is 0 Å². The van der Waals surface area contributed by atoms with E-state index in [2.05, 4.69) is 0 Å². The number of carbonyl (C=O) groups excluding carboxylic acids is 1. The molecule has 0 aromatic carbocycles. The van der Waals surface area contributed by atoms with Crippen LogP contribution >= 0.6 is 0 Å². The van der Waals surface area contributed by atoms with Crippen LogP contribution in [-0.4, -0.2) is 30.9 Å². The predicted octanol–water partition coefficient (Wildman–Crippen LogP) is 0.0952. The number of rotatable bonds is 1. The zero-order valence-corrected chi connectivity index (χ0v) is 8.74. The van der Waals surface area contributed by atoms with Gasteiger partial charge in [-0.05, 0) is 6.92 Å². The smallest absolute Gasteiger partial charge is 0.175 e. The maximum absolute atomic E-state index is 11.3. The molecule has 0 radical (unpaired) electrons. The highest BCUT2D eigenvalue weighted by molar-refractivity contribution is 5.57. The molecular formula is C11H12O5. The van der Waals surface area contributed by atoms with Crippen LogP contribution in [0.25, 0.3) is 0 Å². The molecule has 4 aliphatic heterocycles. The van der Waals surface area contributed by atoms with Crippen molar-refractivity contribution in [2.45, 2.75) is 31.6 Å². The first-order chi connectivity index (χ1) is 7.73. The van der Waals surface area contributed by atoms with Crippen molar-refractivity contribution in [1.29, 1.82) is 0 Å². The van der Waals surface area contributed by atoms with E-state index in [4.69, 9.17) is 18.9 Å². The zero-order chi connectivity index (χ0) is 10.7. The Morgan fingerprint density at radius 3 is 2.38 bits per heavy atom. The highest BCUT2D eigenvalue weighted by Crippen LogP contribution is 2.70. The van der Waals surface area contributed by atoms with Crippen molar-refractivity contribution < 1.29 is 23.7 Å². The van der Waals surface area contributed by atoms with Gasteiger partial charge >= 0.3 is 0 Å². The van der Waals surface area contributed by atoms with E-state index in [9.17, 15) is 4.79 Å². The summed E-state index contributed by atoms with van der Waals surface area (Å²) in [6.07, 6.45) is 0.203. The first-order valence-corrected chi connectivity index (χ1v) is 5.85. The van der Waals surface area contributed by atoms with Crippen LogP contribution in [0.15, 0.2) is 0 Å². The summed E-state index contributed by atoms with van der Waals surface area (Å²) in [5.74, 6) is 0.306. The Hall–Kier alpha value is -0.490. The summed E-state index contributed by atoms with van der Waals surface area (Å²) in [6.45, 7) is 1.94. The molecule has 16 heavy (non-hydrogen) atoms. The third-order valence-corrected chi connectivity index (χ3v) is 5.10. The molecule has 0 aromatic rings. The van der Waals surface area contributed by atoms with E-state index < -0.39 is 5.79 Å². The van der Waals surface area contributed by atoms with E-state index in [1.54, 1.807) is 0 Å². The van der Waals surface area contributed by atoms with Crippen LogP contribution in [0.1, 0.15) is 6.92 Å². The molecule has 5 nitrogen and oxygen atoms in total. The van der Waals surface area contributed by atoms with Crippen molar-refractivity contribution in [2.75, 3.05) is 0 Å². The third-order valence-electron chi connectivity index (χ3n) is 5.10. The number of aldehydes is 1. The van der Waals surface area contributed by atoms with Crippen LogP contribution < -0.4 is 0 Å².